The summed E-state index contributed by atoms with van der Waals surface area (Å²) in [5.41, 5.74) is 5.89. The van der Waals surface area contributed by atoms with Gasteiger partial charge in [-0.15, -0.1) is 30.3 Å². The van der Waals surface area contributed by atoms with E-state index >= 15 is 0 Å². The smallest absolute Gasteiger partial charge is 0.391 e. The van der Waals surface area contributed by atoms with Gasteiger partial charge in [0.2, 0.25) is 5.91 Å². The Hall–Kier alpha value is -1.76. The van der Waals surface area contributed by atoms with Gasteiger partial charge >= 0.3 is 35.7 Å². The second-order valence-corrected chi connectivity index (χ2v) is 7.79. The topological polar surface area (TPSA) is 118 Å². The van der Waals surface area contributed by atoms with Crippen molar-refractivity contribution in [2.45, 2.75) is 60.8 Å². The van der Waals surface area contributed by atoms with Gasteiger partial charge in [0.25, 0.3) is 0 Å². The molecule has 1 aromatic rings. The molecule has 0 radical (unpaired) electrons. The van der Waals surface area contributed by atoms with Crippen LogP contribution in [0.15, 0.2) is 36.9 Å². The van der Waals surface area contributed by atoms with Crippen molar-refractivity contribution in [1.29, 1.82) is 0 Å². The largest absolute Gasteiger partial charge is 1.00 e. The summed E-state index contributed by atoms with van der Waals surface area (Å²) in [5.74, 6) is 1.68. The molecular formula is C26H44N3NaO4. The predicted molar refractivity (Wildman–Crippen MR) is 133 cm³/mol. The number of benzene rings is 1. The molecule has 4 N–H and O–H groups in total. The second-order valence-electron chi connectivity index (χ2n) is 7.79. The van der Waals surface area contributed by atoms with Crippen LogP contribution in [-0.2, 0) is 14.4 Å². The molecule has 0 aliphatic rings. The van der Waals surface area contributed by atoms with Crippen LogP contribution >= 0.6 is 0 Å². The fourth-order valence-corrected chi connectivity index (χ4v) is 1.70. The Bertz CT molecular complexity index is 647. The predicted octanol–water partition coefficient (Wildman–Crippen LogP) is 1.01. The van der Waals surface area contributed by atoms with Gasteiger partial charge in [-0.25, -0.2) is 0 Å². The van der Waals surface area contributed by atoms with Crippen molar-refractivity contribution in [1.82, 2.24) is 10.6 Å². The Morgan fingerprint density at radius 2 is 1.47 bits per heavy atom. The molecule has 34 heavy (non-hydrogen) atoms. The Morgan fingerprint density at radius 3 is 1.79 bits per heavy atom. The van der Waals surface area contributed by atoms with Gasteiger partial charge in [0.1, 0.15) is 0 Å². The van der Waals surface area contributed by atoms with E-state index < -0.39 is 0 Å². The van der Waals surface area contributed by atoms with E-state index in [1.54, 1.807) is 12.1 Å². The molecule has 0 aliphatic heterocycles. The van der Waals surface area contributed by atoms with Crippen molar-refractivity contribution in [2.75, 3.05) is 19.6 Å². The molecule has 8 heteroatoms. The number of amides is 2. The summed E-state index contributed by atoms with van der Waals surface area (Å²) in [6.45, 7) is 18.4. The first-order chi connectivity index (χ1) is 15.7. The fraction of sp³-hybridized carbons (Fsp3) is 0.577. The minimum absolute atomic E-state index is 0. The maximum absolute atomic E-state index is 11.5. The van der Waals surface area contributed by atoms with E-state index in [9.17, 15) is 9.59 Å². The molecule has 2 amide bonds. The Labute approximate surface area is 229 Å². The molecule has 0 saturated heterocycles. The van der Waals surface area contributed by atoms with E-state index in [1.807, 2.05) is 12.1 Å². The van der Waals surface area contributed by atoms with Crippen molar-refractivity contribution in [2.24, 2.45) is 23.5 Å². The van der Waals surface area contributed by atoms with Crippen LogP contribution in [0.5, 0.6) is 0 Å². The van der Waals surface area contributed by atoms with Crippen molar-refractivity contribution >= 4 is 18.0 Å². The van der Waals surface area contributed by atoms with Gasteiger partial charge in [-0.1, -0.05) is 72.9 Å². The molecule has 0 aromatic heterocycles. The summed E-state index contributed by atoms with van der Waals surface area (Å²) < 4.78 is 0. The summed E-state index contributed by atoms with van der Waals surface area (Å²) in [5, 5.41) is 5.61. The summed E-state index contributed by atoms with van der Waals surface area (Å²) >= 11 is 0. The Morgan fingerprint density at radius 1 is 1.00 bits per heavy atom. The molecule has 188 valence electrons. The number of nitrogens with two attached hydrogens (primary N) is 1. The summed E-state index contributed by atoms with van der Waals surface area (Å²) in [6.07, 6.45) is 4.93. The van der Waals surface area contributed by atoms with E-state index in [0.29, 0.717) is 23.3 Å². The van der Waals surface area contributed by atoms with E-state index in [0.717, 1.165) is 32.5 Å². The number of rotatable bonds is 10. The second kappa shape index (κ2) is 29.3. The number of nitrogens with one attached hydrogen (secondary N) is 2. The van der Waals surface area contributed by atoms with Crippen molar-refractivity contribution < 1.29 is 48.7 Å². The van der Waals surface area contributed by atoms with E-state index in [1.165, 1.54) is 12.5 Å². The molecule has 0 fully saturated rings. The van der Waals surface area contributed by atoms with E-state index in [2.05, 4.69) is 64.8 Å². The maximum Gasteiger partial charge on any atom is 1.00 e. The monoisotopic (exact) mass is 485 g/mol. The number of carbonyl (C=O) groups excluding carboxylic acids is 4. The zero-order valence-electron chi connectivity index (χ0n) is 22.3. The fourth-order valence-electron chi connectivity index (χ4n) is 1.70. The Kier molecular flexibility index (Phi) is 34.0. The van der Waals surface area contributed by atoms with Crippen LogP contribution in [0.4, 0.5) is 0 Å². The van der Waals surface area contributed by atoms with Gasteiger partial charge in [-0.05, 0) is 30.4 Å². The van der Waals surface area contributed by atoms with Gasteiger partial charge in [0.15, 0.2) is 5.91 Å². The molecule has 0 heterocycles. The molecule has 0 bridgehead atoms. The van der Waals surface area contributed by atoms with Gasteiger partial charge < -0.3 is 21.2 Å². The van der Waals surface area contributed by atoms with Crippen LogP contribution in [0, 0.1) is 23.8 Å². The van der Waals surface area contributed by atoms with Crippen LogP contribution in [0.2, 0.25) is 0 Å². The van der Waals surface area contributed by atoms with E-state index in [-0.39, 0.29) is 47.5 Å². The van der Waals surface area contributed by atoms with Crippen LogP contribution in [0.25, 0.3) is 0 Å². The molecule has 3 unspecified atom stereocenters. The average molecular weight is 486 g/mol. The minimum Gasteiger partial charge on any atom is -0.391 e. The van der Waals surface area contributed by atoms with Crippen LogP contribution < -0.4 is 45.9 Å². The first kappa shape index (κ1) is 39.5. The standard InChI is InChI=1S/C12H16NO.C8H15NO.C5H13N.CO2.Na/c1-3-10(2)9-13-12(14)11-7-5-4-6-8-11;1-4-7(3)6-9-8(10)5-2;1-3-5(2)4-6;2-1-3;/h4-7,10H,3,9H2,1-2H3,(H,13,14);5,7H,2,4,6H2,1,3H3,(H,9,10);5H,3-4,6H2,1-2H3;;/q-1;;;;+1. The molecule has 0 aliphatic carbocycles. The van der Waals surface area contributed by atoms with Gasteiger partial charge in [0.05, 0.1) is 0 Å². The van der Waals surface area contributed by atoms with Crippen molar-refractivity contribution in [3.63, 3.8) is 0 Å². The third-order valence-electron chi connectivity index (χ3n) is 4.87. The summed E-state index contributed by atoms with van der Waals surface area (Å²) in [6, 6.07) is 10.1. The third kappa shape index (κ3) is 28.3. The first-order valence-corrected chi connectivity index (χ1v) is 11.5. The first-order valence-electron chi connectivity index (χ1n) is 11.5. The van der Waals surface area contributed by atoms with Gasteiger partial charge in [-0.3, -0.25) is 4.79 Å². The molecular weight excluding hydrogens is 441 g/mol. The minimum atomic E-state index is -0.0831. The van der Waals surface area contributed by atoms with E-state index in [4.69, 9.17) is 15.3 Å². The normalized spacial score (nSPS) is 11.4. The molecule has 3 atom stereocenters. The van der Waals surface area contributed by atoms with Crippen LogP contribution in [0.3, 0.4) is 0 Å². The Balaban J connectivity index is -0.000000198. The van der Waals surface area contributed by atoms with Crippen LogP contribution in [0.1, 0.15) is 71.2 Å². The van der Waals surface area contributed by atoms with Crippen molar-refractivity contribution in [3.05, 3.63) is 48.6 Å². The number of carbonyl (C=O) groups is 2. The molecule has 1 rings (SSSR count). The number of hydrogen-bond acceptors (Lipinski definition) is 5. The van der Waals surface area contributed by atoms with Crippen LogP contribution in [-0.4, -0.2) is 37.6 Å². The van der Waals surface area contributed by atoms with Crippen molar-refractivity contribution in [3.8, 4) is 0 Å². The average Bonchev–Trinajstić information content (AvgIpc) is 2.86. The molecule has 7 nitrogen and oxygen atoms in total. The molecule has 0 spiro atoms. The SMILES string of the molecule is C=CC(=O)NCC(C)CC.CCC(C)CN.CCC(C)CNC(=O)c1[c-]cccc1.O=C=O.[Na+]. The van der Waals surface area contributed by atoms with Gasteiger partial charge in [0, 0.05) is 13.1 Å². The maximum atomic E-state index is 11.5. The summed E-state index contributed by atoms with van der Waals surface area (Å²) in [7, 11) is 0. The molecule has 0 saturated carbocycles. The number of hydrogen-bond donors (Lipinski definition) is 3. The summed E-state index contributed by atoms with van der Waals surface area (Å²) in [4.78, 5) is 38.4. The zero-order valence-corrected chi connectivity index (χ0v) is 24.3. The third-order valence-corrected chi connectivity index (χ3v) is 4.87. The van der Waals surface area contributed by atoms with Gasteiger partial charge in [-0.2, -0.15) is 9.59 Å². The quantitative estimate of drug-likeness (QED) is 0.260. The molecule has 1 aromatic carbocycles. The zero-order chi connectivity index (χ0) is 26.1.